The van der Waals surface area contributed by atoms with Crippen LogP contribution in [0.3, 0.4) is 0 Å². The van der Waals surface area contributed by atoms with Gasteiger partial charge in [-0.1, -0.05) is 25.5 Å². The van der Waals surface area contributed by atoms with Gasteiger partial charge < -0.3 is 14.2 Å². The van der Waals surface area contributed by atoms with Crippen LogP contribution in [0.1, 0.15) is 52.9 Å². The van der Waals surface area contributed by atoms with E-state index in [1.807, 2.05) is 13.8 Å². The molecule has 3 atom stereocenters. The summed E-state index contributed by atoms with van der Waals surface area (Å²) in [6, 6.07) is 0. The van der Waals surface area contributed by atoms with E-state index >= 15 is 0 Å². The minimum Gasteiger partial charge on any atom is -0.459 e. The van der Waals surface area contributed by atoms with Crippen LogP contribution in [0.25, 0.3) is 0 Å². The highest BCUT2D eigenvalue weighted by atomic mass is 16.8. The summed E-state index contributed by atoms with van der Waals surface area (Å²) in [7, 11) is 0. The van der Waals surface area contributed by atoms with Gasteiger partial charge in [0.05, 0.1) is 0 Å². The predicted octanol–water partition coefficient (Wildman–Crippen LogP) is 3.76. The quantitative estimate of drug-likeness (QED) is 0.369. The van der Waals surface area contributed by atoms with Crippen LogP contribution in [0.5, 0.6) is 0 Å². The first-order valence-corrected chi connectivity index (χ1v) is 7.72. The van der Waals surface area contributed by atoms with Crippen LogP contribution in [-0.4, -0.2) is 30.1 Å². The number of ether oxygens (including phenoxy) is 3. The largest absolute Gasteiger partial charge is 0.459 e. The second-order valence-corrected chi connectivity index (χ2v) is 5.80. The molecule has 4 nitrogen and oxygen atoms in total. The monoisotopic (exact) mass is 296 g/mol. The number of carbonyl (C=O) groups is 1. The second kappa shape index (κ2) is 8.35. The molecule has 0 aromatic rings. The van der Waals surface area contributed by atoms with Crippen LogP contribution in [0.4, 0.5) is 0 Å². The summed E-state index contributed by atoms with van der Waals surface area (Å²) >= 11 is 0. The summed E-state index contributed by atoms with van der Waals surface area (Å²) in [5.41, 5.74) is 0. The maximum Gasteiger partial charge on any atom is 0.306 e. The second-order valence-electron chi connectivity index (χ2n) is 5.80. The third kappa shape index (κ3) is 5.64. The number of rotatable bonds is 9. The van der Waals surface area contributed by atoms with Gasteiger partial charge in [-0.15, -0.1) is 13.2 Å². The highest BCUT2D eigenvalue weighted by molar-refractivity contribution is 5.69. The third-order valence-corrected chi connectivity index (χ3v) is 3.41. The zero-order chi connectivity index (χ0) is 15.9. The number of allylic oxidation sites excluding steroid dienone is 1. The van der Waals surface area contributed by atoms with Gasteiger partial charge in [0.2, 0.25) is 0 Å². The molecule has 0 saturated carbocycles. The van der Waals surface area contributed by atoms with E-state index in [0.29, 0.717) is 6.42 Å². The molecule has 0 radical (unpaired) electrons. The number of unbranched alkanes of at least 4 members (excludes halogenated alkanes) is 1. The lowest BCUT2D eigenvalue weighted by molar-refractivity contribution is -0.171. The molecule has 0 N–H and O–H groups in total. The van der Waals surface area contributed by atoms with E-state index < -0.39 is 5.79 Å². The first kappa shape index (κ1) is 17.9. The predicted molar refractivity (Wildman–Crippen MR) is 82.9 cm³/mol. The van der Waals surface area contributed by atoms with Crippen LogP contribution >= 0.6 is 0 Å². The lowest BCUT2D eigenvalue weighted by atomic mass is 10.0. The van der Waals surface area contributed by atoms with Crippen LogP contribution in [0, 0.1) is 0 Å². The van der Waals surface area contributed by atoms with Crippen molar-refractivity contribution in [3.63, 3.8) is 0 Å². The molecule has 0 bridgehead atoms. The van der Waals surface area contributed by atoms with Gasteiger partial charge in [-0.05, 0) is 33.1 Å². The summed E-state index contributed by atoms with van der Waals surface area (Å²) < 4.78 is 17.3. The van der Waals surface area contributed by atoms with Gasteiger partial charge in [-0.25, -0.2) is 0 Å². The zero-order valence-corrected chi connectivity index (χ0v) is 13.5. The Morgan fingerprint density at radius 2 is 2.10 bits per heavy atom. The van der Waals surface area contributed by atoms with Crippen LogP contribution < -0.4 is 0 Å². The summed E-state index contributed by atoms with van der Waals surface area (Å²) in [6.45, 7) is 13.2. The van der Waals surface area contributed by atoms with E-state index in [-0.39, 0.29) is 24.3 Å². The van der Waals surface area contributed by atoms with Crippen molar-refractivity contribution in [3.8, 4) is 0 Å². The Kier molecular flexibility index (Phi) is 7.12. The molecule has 0 aromatic heterocycles. The highest BCUT2D eigenvalue weighted by Crippen LogP contribution is 2.33. The Morgan fingerprint density at radius 1 is 1.38 bits per heavy atom. The highest BCUT2D eigenvalue weighted by Gasteiger charge is 2.44. The maximum absolute atomic E-state index is 11.9. The Morgan fingerprint density at radius 3 is 2.67 bits per heavy atom. The Hall–Kier alpha value is -1.13. The van der Waals surface area contributed by atoms with Gasteiger partial charge >= 0.3 is 5.97 Å². The molecule has 1 aliphatic heterocycles. The Bertz CT molecular complexity index is 362. The van der Waals surface area contributed by atoms with Crippen molar-refractivity contribution in [3.05, 3.63) is 25.3 Å². The molecule has 1 heterocycles. The third-order valence-electron chi connectivity index (χ3n) is 3.41. The summed E-state index contributed by atoms with van der Waals surface area (Å²) in [5.74, 6) is -0.864. The fraction of sp³-hybridized carbons (Fsp3) is 0.706. The van der Waals surface area contributed by atoms with Crippen molar-refractivity contribution >= 4 is 5.97 Å². The summed E-state index contributed by atoms with van der Waals surface area (Å²) in [6.07, 6.45) is 6.33. The topological polar surface area (TPSA) is 44.8 Å². The fourth-order valence-corrected chi connectivity index (χ4v) is 2.48. The average Bonchev–Trinajstić information content (AvgIpc) is 2.74. The van der Waals surface area contributed by atoms with Gasteiger partial charge in [0.1, 0.15) is 18.3 Å². The molecular weight excluding hydrogens is 268 g/mol. The van der Waals surface area contributed by atoms with Crippen molar-refractivity contribution in [2.45, 2.75) is 77.0 Å². The first-order chi connectivity index (χ1) is 9.93. The molecular formula is C17H28O4. The van der Waals surface area contributed by atoms with E-state index in [1.54, 1.807) is 12.2 Å². The van der Waals surface area contributed by atoms with Gasteiger partial charge in [0.25, 0.3) is 0 Å². The van der Waals surface area contributed by atoms with E-state index in [4.69, 9.17) is 14.2 Å². The minimum absolute atomic E-state index is 0.189. The molecule has 4 heteroatoms. The van der Waals surface area contributed by atoms with Crippen molar-refractivity contribution in [2.24, 2.45) is 0 Å². The average molecular weight is 296 g/mol. The standard InChI is InChI=1S/C17H28O4/c1-6-9-10-12-15(18)19-14(11-7-2)16-13(8-3)20-17(4,5)21-16/h6,8,13-14,16H,1,3,7,9-12H2,2,4-5H3/t13-,14?,16+/m0/s1. The van der Waals surface area contributed by atoms with E-state index in [1.165, 1.54) is 0 Å². The van der Waals surface area contributed by atoms with Gasteiger partial charge in [0.15, 0.2) is 5.79 Å². The van der Waals surface area contributed by atoms with Gasteiger partial charge in [0, 0.05) is 6.42 Å². The lowest BCUT2D eigenvalue weighted by Gasteiger charge is -2.25. The zero-order valence-electron chi connectivity index (χ0n) is 13.5. The Labute approximate surface area is 128 Å². The fourth-order valence-electron chi connectivity index (χ4n) is 2.48. The number of carbonyl (C=O) groups excluding carboxylic acids is 1. The van der Waals surface area contributed by atoms with Crippen molar-refractivity contribution < 1.29 is 19.0 Å². The molecule has 1 unspecified atom stereocenters. The number of esters is 1. The van der Waals surface area contributed by atoms with E-state index in [9.17, 15) is 4.79 Å². The molecule has 1 saturated heterocycles. The van der Waals surface area contributed by atoms with Crippen molar-refractivity contribution in [1.82, 2.24) is 0 Å². The minimum atomic E-state index is -0.676. The summed E-state index contributed by atoms with van der Waals surface area (Å²) in [5, 5.41) is 0. The molecule has 0 spiro atoms. The Balaban J connectivity index is 2.65. The van der Waals surface area contributed by atoms with Crippen LogP contribution in [-0.2, 0) is 19.0 Å². The van der Waals surface area contributed by atoms with Crippen LogP contribution in [0.2, 0.25) is 0 Å². The summed E-state index contributed by atoms with van der Waals surface area (Å²) in [4.78, 5) is 11.9. The normalized spacial score (nSPS) is 25.3. The number of hydrogen-bond donors (Lipinski definition) is 0. The molecule has 1 fully saturated rings. The van der Waals surface area contributed by atoms with Crippen molar-refractivity contribution in [2.75, 3.05) is 0 Å². The van der Waals surface area contributed by atoms with Gasteiger partial charge in [-0.3, -0.25) is 4.79 Å². The molecule has 21 heavy (non-hydrogen) atoms. The van der Waals surface area contributed by atoms with E-state index in [2.05, 4.69) is 20.1 Å². The molecule has 0 aliphatic carbocycles. The molecule has 0 aromatic carbocycles. The van der Waals surface area contributed by atoms with Crippen LogP contribution in [0.15, 0.2) is 25.3 Å². The lowest BCUT2D eigenvalue weighted by Crippen LogP contribution is -2.38. The number of hydrogen-bond acceptors (Lipinski definition) is 4. The van der Waals surface area contributed by atoms with E-state index in [0.717, 1.165) is 25.7 Å². The first-order valence-electron chi connectivity index (χ1n) is 7.72. The van der Waals surface area contributed by atoms with Gasteiger partial charge in [-0.2, -0.15) is 0 Å². The smallest absolute Gasteiger partial charge is 0.306 e. The molecule has 1 aliphatic rings. The molecule has 1 rings (SSSR count). The SMILES string of the molecule is C=CCCCC(=O)OC(CCC)[C@@H]1OC(C)(C)O[C@H]1C=C. The maximum atomic E-state index is 11.9. The molecule has 0 amide bonds. The van der Waals surface area contributed by atoms with Crippen molar-refractivity contribution in [1.29, 1.82) is 0 Å². The molecule has 120 valence electrons.